The number of H-pyrrole nitrogens is 1. The van der Waals surface area contributed by atoms with Gasteiger partial charge in [0.2, 0.25) is 0 Å². The molecule has 1 heterocycles. The Morgan fingerprint density at radius 1 is 1.19 bits per heavy atom. The summed E-state index contributed by atoms with van der Waals surface area (Å²) in [6, 6.07) is 13.2. The second-order valence-electron chi connectivity index (χ2n) is 4.80. The third-order valence-electron chi connectivity index (χ3n) is 3.34. The van der Waals surface area contributed by atoms with E-state index in [-0.39, 0.29) is 5.75 Å². The number of fused-ring (bicyclic) bond motifs is 1. The maximum atomic E-state index is 9.89. The molecular formula is C16H17N3O2. The number of aromatic nitrogens is 2. The number of benzene rings is 2. The molecule has 0 aliphatic heterocycles. The highest BCUT2D eigenvalue weighted by Crippen LogP contribution is 2.23. The quantitative estimate of drug-likeness (QED) is 0.673. The van der Waals surface area contributed by atoms with Crippen LogP contribution < -0.4 is 10.1 Å². The zero-order valence-electron chi connectivity index (χ0n) is 11.8. The summed E-state index contributed by atoms with van der Waals surface area (Å²) in [5.41, 5.74) is 2.81. The molecule has 5 nitrogen and oxygen atoms in total. The number of nitrogens with one attached hydrogen (secondary N) is 2. The fourth-order valence-electron chi connectivity index (χ4n) is 2.23. The van der Waals surface area contributed by atoms with Gasteiger partial charge in [0, 0.05) is 18.2 Å². The normalized spacial score (nSPS) is 10.9. The van der Waals surface area contributed by atoms with E-state index >= 15 is 0 Å². The number of phenolic OH excluding ortho intramolecular Hbond substituents is 1. The molecule has 0 radical (unpaired) electrons. The van der Waals surface area contributed by atoms with Gasteiger partial charge < -0.3 is 20.1 Å². The molecule has 3 N–H and O–H groups in total. The molecule has 0 saturated carbocycles. The SMILES string of the molecule is COc1ccc(CNCc2nc3ccccc3[nH]2)c(O)c1. The molecule has 3 rings (SSSR count). The number of phenols is 1. The predicted octanol–water partition coefficient (Wildman–Crippen LogP) is 2.57. The van der Waals surface area contributed by atoms with Crippen molar-refractivity contribution in [2.75, 3.05) is 7.11 Å². The van der Waals surface area contributed by atoms with Crippen molar-refractivity contribution in [1.29, 1.82) is 0 Å². The Balaban J connectivity index is 1.63. The molecule has 0 amide bonds. The molecule has 1 aromatic heterocycles. The average molecular weight is 283 g/mol. The molecule has 0 atom stereocenters. The van der Waals surface area contributed by atoms with Gasteiger partial charge in [0.25, 0.3) is 0 Å². The van der Waals surface area contributed by atoms with Crippen LogP contribution in [-0.4, -0.2) is 22.2 Å². The highest BCUT2D eigenvalue weighted by atomic mass is 16.5. The fourth-order valence-corrected chi connectivity index (χ4v) is 2.23. The van der Waals surface area contributed by atoms with Crippen molar-refractivity contribution in [2.24, 2.45) is 0 Å². The molecule has 5 heteroatoms. The fraction of sp³-hybridized carbons (Fsp3) is 0.188. The van der Waals surface area contributed by atoms with E-state index < -0.39 is 0 Å². The maximum Gasteiger partial charge on any atom is 0.123 e. The van der Waals surface area contributed by atoms with Crippen LogP contribution >= 0.6 is 0 Å². The summed E-state index contributed by atoms with van der Waals surface area (Å²) in [7, 11) is 1.58. The number of hydrogen-bond donors (Lipinski definition) is 3. The number of hydrogen-bond acceptors (Lipinski definition) is 4. The molecule has 0 aliphatic carbocycles. The summed E-state index contributed by atoms with van der Waals surface area (Å²) in [6.45, 7) is 1.17. The predicted molar refractivity (Wildman–Crippen MR) is 81.3 cm³/mol. The number of para-hydroxylation sites is 2. The molecule has 0 spiro atoms. The van der Waals surface area contributed by atoms with E-state index in [1.165, 1.54) is 0 Å². The van der Waals surface area contributed by atoms with E-state index in [1.54, 1.807) is 13.2 Å². The van der Waals surface area contributed by atoms with Gasteiger partial charge in [-0.2, -0.15) is 0 Å². The van der Waals surface area contributed by atoms with Gasteiger partial charge in [0.1, 0.15) is 17.3 Å². The monoisotopic (exact) mass is 283 g/mol. The molecule has 0 fully saturated rings. The lowest BCUT2D eigenvalue weighted by atomic mass is 10.2. The molecule has 0 bridgehead atoms. The van der Waals surface area contributed by atoms with Crippen molar-refractivity contribution >= 4 is 11.0 Å². The van der Waals surface area contributed by atoms with E-state index in [0.717, 1.165) is 22.4 Å². The first-order valence-electron chi connectivity index (χ1n) is 6.76. The smallest absolute Gasteiger partial charge is 0.123 e. The van der Waals surface area contributed by atoms with Gasteiger partial charge in [-0.3, -0.25) is 0 Å². The third kappa shape index (κ3) is 2.98. The molecular weight excluding hydrogens is 266 g/mol. The zero-order chi connectivity index (χ0) is 14.7. The minimum atomic E-state index is 0.228. The number of rotatable bonds is 5. The summed E-state index contributed by atoms with van der Waals surface area (Å²) in [6.07, 6.45) is 0. The molecule has 21 heavy (non-hydrogen) atoms. The lowest BCUT2D eigenvalue weighted by Crippen LogP contribution is -2.13. The Hall–Kier alpha value is -2.53. The van der Waals surface area contributed by atoms with E-state index in [1.807, 2.05) is 36.4 Å². The lowest BCUT2D eigenvalue weighted by Gasteiger charge is -2.07. The number of aromatic amines is 1. The van der Waals surface area contributed by atoms with Gasteiger partial charge in [0.05, 0.1) is 24.7 Å². The number of nitrogens with zero attached hydrogens (tertiary/aromatic N) is 1. The summed E-state index contributed by atoms with van der Waals surface area (Å²) >= 11 is 0. The van der Waals surface area contributed by atoms with Crippen molar-refractivity contribution in [1.82, 2.24) is 15.3 Å². The number of ether oxygens (including phenoxy) is 1. The van der Waals surface area contributed by atoms with Gasteiger partial charge in [-0.25, -0.2) is 4.98 Å². The highest BCUT2D eigenvalue weighted by Gasteiger charge is 2.04. The molecule has 108 valence electrons. The Morgan fingerprint density at radius 3 is 2.81 bits per heavy atom. The van der Waals surface area contributed by atoms with Crippen LogP contribution in [-0.2, 0) is 13.1 Å². The van der Waals surface area contributed by atoms with Crippen LogP contribution in [0.4, 0.5) is 0 Å². The van der Waals surface area contributed by atoms with E-state index in [9.17, 15) is 5.11 Å². The average Bonchev–Trinajstić information content (AvgIpc) is 2.91. The zero-order valence-corrected chi connectivity index (χ0v) is 11.8. The van der Waals surface area contributed by atoms with Crippen molar-refractivity contribution in [2.45, 2.75) is 13.1 Å². The summed E-state index contributed by atoms with van der Waals surface area (Å²) in [5, 5.41) is 13.2. The Morgan fingerprint density at radius 2 is 2.05 bits per heavy atom. The minimum absolute atomic E-state index is 0.228. The van der Waals surface area contributed by atoms with Crippen LogP contribution in [0, 0.1) is 0 Å². The summed E-state index contributed by atoms with van der Waals surface area (Å²) < 4.78 is 5.06. The van der Waals surface area contributed by atoms with Crippen LogP contribution in [0.25, 0.3) is 11.0 Å². The van der Waals surface area contributed by atoms with Gasteiger partial charge in [-0.15, -0.1) is 0 Å². The Labute approximate surface area is 122 Å². The minimum Gasteiger partial charge on any atom is -0.507 e. The first kappa shape index (κ1) is 13.5. The van der Waals surface area contributed by atoms with Gasteiger partial charge >= 0.3 is 0 Å². The van der Waals surface area contributed by atoms with Crippen LogP contribution in [0.2, 0.25) is 0 Å². The van der Waals surface area contributed by atoms with Gasteiger partial charge in [-0.1, -0.05) is 18.2 Å². The maximum absolute atomic E-state index is 9.89. The third-order valence-corrected chi connectivity index (χ3v) is 3.34. The Bertz CT molecular complexity index is 719. The summed E-state index contributed by atoms with van der Waals surface area (Å²) in [4.78, 5) is 7.75. The molecule has 2 aromatic carbocycles. The van der Waals surface area contributed by atoms with Crippen molar-refractivity contribution < 1.29 is 9.84 Å². The van der Waals surface area contributed by atoms with Gasteiger partial charge in [0.15, 0.2) is 0 Å². The van der Waals surface area contributed by atoms with Crippen LogP contribution in [0.15, 0.2) is 42.5 Å². The Kier molecular flexibility index (Phi) is 3.75. The van der Waals surface area contributed by atoms with Gasteiger partial charge in [-0.05, 0) is 18.2 Å². The van der Waals surface area contributed by atoms with E-state index in [2.05, 4.69) is 15.3 Å². The number of imidazole rings is 1. The topological polar surface area (TPSA) is 70.2 Å². The number of aromatic hydroxyl groups is 1. The van der Waals surface area contributed by atoms with E-state index in [4.69, 9.17) is 4.74 Å². The highest BCUT2D eigenvalue weighted by molar-refractivity contribution is 5.74. The second-order valence-corrected chi connectivity index (χ2v) is 4.80. The van der Waals surface area contributed by atoms with Crippen LogP contribution in [0.1, 0.15) is 11.4 Å². The molecule has 0 unspecified atom stereocenters. The largest absolute Gasteiger partial charge is 0.507 e. The molecule has 0 saturated heterocycles. The van der Waals surface area contributed by atoms with Crippen molar-refractivity contribution in [3.63, 3.8) is 0 Å². The second kappa shape index (κ2) is 5.85. The standard InChI is InChI=1S/C16H17N3O2/c1-21-12-7-6-11(15(20)8-12)9-17-10-16-18-13-4-2-3-5-14(13)19-16/h2-8,17,20H,9-10H2,1H3,(H,18,19). The molecule has 3 aromatic rings. The number of methoxy groups -OCH3 is 1. The first-order valence-corrected chi connectivity index (χ1v) is 6.76. The van der Waals surface area contributed by atoms with Crippen LogP contribution in [0.3, 0.4) is 0 Å². The van der Waals surface area contributed by atoms with Crippen LogP contribution in [0.5, 0.6) is 11.5 Å². The lowest BCUT2D eigenvalue weighted by molar-refractivity contribution is 0.406. The molecule has 0 aliphatic rings. The first-order chi connectivity index (χ1) is 10.3. The van der Waals surface area contributed by atoms with E-state index in [0.29, 0.717) is 18.8 Å². The van der Waals surface area contributed by atoms with Crippen molar-refractivity contribution in [3.8, 4) is 11.5 Å². The van der Waals surface area contributed by atoms with Crippen molar-refractivity contribution in [3.05, 3.63) is 53.9 Å². The summed E-state index contributed by atoms with van der Waals surface area (Å²) in [5.74, 6) is 1.75.